The fourth-order valence-corrected chi connectivity index (χ4v) is 6.89. The number of nitrogens with one attached hydrogen (secondary N) is 1. The lowest BCUT2D eigenvalue weighted by Crippen LogP contribution is -2.35. The molecule has 0 spiro atoms. The van der Waals surface area contributed by atoms with Crippen LogP contribution in [0.3, 0.4) is 0 Å². The second-order valence-corrected chi connectivity index (χ2v) is 11.5. The summed E-state index contributed by atoms with van der Waals surface area (Å²) in [7, 11) is -3.60. The lowest BCUT2D eigenvalue weighted by atomic mass is 10.1. The molecule has 0 radical (unpaired) electrons. The first-order valence-corrected chi connectivity index (χ1v) is 13.9. The van der Waals surface area contributed by atoms with Crippen molar-refractivity contribution >= 4 is 48.9 Å². The zero-order valence-corrected chi connectivity index (χ0v) is 20.1. The van der Waals surface area contributed by atoms with E-state index in [1.165, 1.54) is 17.8 Å². The maximum Gasteiger partial charge on any atom is 0.255 e. The Bertz CT molecular complexity index is 1260. The van der Waals surface area contributed by atoms with E-state index in [9.17, 15) is 13.2 Å². The number of fused-ring (bicyclic) bond motifs is 1. The first kappa shape index (κ1) is 22.3. The van der Waals surface area contributed by atoms with Gasteiger partial charge in [0.15, 0.2) is 0 Å². The van der Waals surface area contributed by atoms with E-state index in [2.05, 4.69) is 15.2 Å². The Morgan fingerprint density at radius 3 is 2.39 bits per heavy atom. The Morgan fingerprint density at radius 2 is 1.64 bits per heavy atom. The number of hydrogen-bond donors (Lipinski definition) is 1. The lowest BCUT2D eigenvalue weighted by molar-refractivity contribution is 0.102. The number of aromatic nitrogens is 1. The minimum atomic E-state index is -3.60. The number of sulfonamides is 1. The fraction of sp³-hybridized carbons (Fsp3) is 0.417. The van der Waals surface area contributed by atoms with E-state index in [-0.39, 0.29) is 10.8 Å². The summed E-state index contributed by atoms with van der Waals surface area (Å²) in [5.74, 6) is -0.254. The van der Waals surface area contributed by atoms with Gasteiger partial charge in [-0.05, 0) is 68.5 Å². The molecule has 1 amide bonds. The van der Waals surface area contributed by atoms with Gasteiger partial charge in [0.1, 0.15) is 0 Å². The van der Waals surface area contributed by atoms with Crippen molar-refractivity contribution in [1.82, 2.24) is 9.29 Å². The summed E-state index contributed by atoms with van der Waals surface area (Å²) < 4.78 is 29.1. The number of hydrogen-bond acceptors (Lipinski definition) is 6. The molecule has 7 nitrogen and oxygen atoms in total. The van der Waals surface area contributed by atoms with Crippen molar-refractivity contribution in [2.24, 2.45) is 0 Å². The molecule has 0 atom stereocenters. The normalized spacial score (nSPS) is 17.9. The van der Waals surface area contributed by atoms with Crippen LogP contribution in [0, 0.1) is 0 Å². The quantitative estimate of drug-likeness (QED) is 0.567. The van der Waals surface area contributed by atoms with Gasteiger partial charge in [-0.1, -0.05) is 6.42 Å². The van der Waals surface area contributed by atoms with Crippen LogP contribution in [0.1, 0.15) is 48.9 Å². The van der Waals surface area contributed by atoms with Crippen LogP contribution in [0.5, 0.6) is 0 Å². The maximum atomic E-state index is 13.3. The molecule has 3 heterocycles. The fourth-order valence-electron chi connectivity index (χ4n) is 4.63. The number of carbonyl (C=O) groups is 1. The number of benzene rings is 2. The van der Waals surface area contributed by atoms with Gasteiger partial charge in [0.25, 0.3) is 5.91 Å². The van der Waals surface area contributed by atoms with Crippen molar-refractivity contribution < 1.29 is 13.2 Å². The number of amides is 1. The van der Waals surface area contributed by atoms with Crippen LogP contribution in [-0.4, -0.2) is 49.8 Å². The molecule has 2 fully saturated rings. The van der Waals surface area contributed by atoms with E-state index in [1.54, 1.807) is 28.0 Å². The highest BCUT2D eigenvalue weighted by atomic mass is 32.2. The van der Waals surface area contributed by atoms with Crippen LogP contribution in [0.15, 0.2) is 46.8 Å². The van der Waals surface area contributed by atoms with E-state index in [4.69, 9.17) is 0 Å². The van der Waals surface area contributed by atoms with Gasteiger partial charge in [-0.3, -0.25) is 4.79 Å². The zero-order valence-electron chi connectivity index (χ0n) is 18.5. The third kappa shape index (κ3) is 4.62. The van der Waals surface area contributed by atoms with E-state index >= 15 is 0 Å². The summed E-state index contributed by atoms with van der Waals surface area (Å²) in [5, 5.41) is 3.02. The highest BCUT2D eigenvalue weighted by molar-refractivity contribution is 7.89. The van der Waals surface area contributed by atoms with Crippen molar-refractivity contribution in [3.8, 4) is 0 Å². The molecule has 9 heteroatoms. The average Bonchev–Trinajstić information content (AvgIpc) is 3.33. The second kappa shape index (κ2) is 9.40. The summed E-state index contributed by atoms with van der Waals surface area (Å²) in [6, 6.07) is 10.6. The number of thiazole rings is 1. The van der Waals surface area contributed by atoms with Crippen molar-refractivity contribution in [2.75, 3.05) is 36.4 Å². The highest BCUT2D eigenvalue weighted by Crippen LogP contribution is 2.33. The molecule has 2 saturated heterocycles. The molecule has 0 aliphatic carbocycles. The summed E-state index contributed by atoms with van der Waals surface area (Å²) >= 11 is 1.49. The number of anilines is 2. The Hall–Kier alpha value is -2.49. The molecule has 2 aromatic carbocycles. The molecule has 33 heavy (non-hydrogen) atoms. The van der Waals surface area contributed by atoms with Crippen molar-refractivity contribution in [2.45, 2.75) is 43.4 Å². The summed E-state index contributed by atoms with van der Waals surface area (Å²) in [6.45, 7) is 2.89. The van der Waals surface area contributed by atoms with Crippen LogP contribution < -0.4 is 10.2 Å². The van der Waals surface area contributed by atoms with E-state index in [0.29, 0.717) is 24.3 Å². The topological polar surface area (TPSA) is 82.6 Å². The Morgan fingerprint density at radius 1 is 0.909 bits per heavy atom. The van der Waals surface area contributed by atoms with Crippen LogP contribution in [0.25, 0.3) is 10.2 Å². The smallest absolute Gasteiger partial charge is 0.255 e. The van der Waals surface area contributed by atoms with E-state index in [0.717, 1.165) is 61.1 Å². The molecule has 174 valence electrons. The second-order valence-electron chi connectivity index (χ2n) is 8.68. The highest BCUT2D eigenvalue weighted by Gasteiger charge is 2.27. The molecule has 0 bridgehead atoms. The molecular formula is C24H28N4O3S2. The van der Waals surface area contributed by atoms with Crippen molar-refractivity contribution in [3.05, 3.63) is 47.5 Å². The average molecular weight is 485 g/mol. The lowest BCUT2D eigenvalue weighted by Gasteiger charge is -2.31. The van der Waals surface area contributed by atoms with Crippen LogP contribution >= 0.6 is 11.3 Å². The predicted molar refractivity (Wildman–Crippen MR) is 133 cm³/mol. The largest absolute Gasteiger partial charge is 0.370 e. The van der Waals surface area contributed by atoms with E-state index in [1.807, 2.05) is 18.2 Å². The first-order chi connectivity index (χ1) is 16.0. The molecule has 2 aliphatic heterocycles. The van der Waals surface area contributed by atoms with Crippen molar-refractivity contribution in [3.63, 3.8) is 0 Å². The molecular weight excluding hydrogens is 456 g/mol. The monoisotopic (exact) mass is 484 g/mol. The number of rotatable bonds is 5. The minimum Gasteiger partial charge on any atom is -0.370 e. The maximum absolute atomic E-state index is 13.3. The molecule has 2 aliphatic rings. The van der Waals surface area contributed by atoms with Gasteiger partial charge in [-0.25, -0.2) is 13.4 Å². The molecule has 1 N–H and O–H groups in total. The summed E-state index contributed by atoms with van der Waals surface area (Å²) in [6.07, 6.45) is 6.19. The van der Waals surface area contributed by atoms with Gasteiger partial charge in [0.2, 0.25) is 10.0 Å². The number of piperidine rings is 2. The Balaban J connectivity index is 1.49. The van der Waals surface area contributed by atoms with Gasteiger partial charge in [0, 0.05) is 31.7 Å². The minimum absolute atomic E-state index is 0.235. The van der Waals surface area contributed by atoms with Gasteiger partial charge in [-0.15, -0.1) is 11.3 Å². The third-order valence-electron chi connectivity index (χ3n) is 6.46. The van der Waals surface area contributed by atoms with Crippen LogP contribution in [0.2, 0.25) is 0 Å². The van der Waals surface area contributed by atoms with Crippen molar-refractivity contribution in [1.29, 1.82) is 0 Å². The molecule has 0 saturated carbocycles. The molecule has 1 aromatic heterocycles. The predicted octanol–water partition coefficient (Wildman–Crippen LogP) is 4.71. The van der Waals surface area contributed by atoms with E-state index < -0.39 is 10.0 Å². The van der Waals surface area contributed by atoms with Crippen LogP contribution in [-0.2, 0) is 10.0 Å². The Kier molecular flexibility index (Phi) is 6.36. The molecule has 5 rings (SSSR count). The summed E-state index contributed by atoms with van der Waals surface area (Å²) in [5.41, 5.74) is 4.57. The number of nitrogens with zero attached hydrogens (tertiary/aromatic N) is 3. The summed E-state index contributed by atoms with van der Waals surface area (Å²) in [4.78, 5) is 19.9. The molecule has 0 unspecified atom stereocenters. The standard InChI is InChI=1S/C24H28N4O3S2/c29-24(18-7-9-20-23(15-18)32-17-25-20)26-21-16-19(33(30,31)28-13-5-2-6-14-28)8-10-22(21)27-11-3-1-4-12-27/h7-10,15-17H,1-6,11-14H2,(H,26,29). The van der Waals surface area contributed by atoms with Gasteiger partial charge in [0.05, 0.1) is 32.0 Å². The van der Waals surface area contributed by atoms with Gasteiger partial charge in [-0.2, -0.15) is 4.31 Å². The Labute approximate surface area is 198 Å². The third-order valence-corrected chi connectivity index (χ3v) is 9.15. The van der Waals surface area contributed by atoms with Crippen LogP contribution in [0.4, 0.5) is 11.4 Å². The molecule has 3 aromatic rings. The zero-order chi connectivity index (χ0) is 22.8. The van der Waals surface area contributed by atoms with Gasteiger partial charge >= 0.3 is 0 Å². The SMILES string of the molecule is O=C(Nc1cc(S(=O)(=O)N2CCCCC2)ccc1N1CCCCC1)c1ccc2ncsc2c1. The first-order valence-electron chi connectivity index (χ1n) is 11.6. The van der Waals surface area contributed by atoms with Gasteiger partial charge < -0.3 is 10.2 Å². The number of carbonyl (C=O) groups excluding carboxylic acids is 1.